The Bertz CT molecular complexity index is 329. The molecule has 0 spiro atoms. The molecule has 92 valence electrons. The van der Waals surface area contributed by atoms with Gasteiger partial charge in [-0.15, -0.1) is 0 Å². The summed E-state index contributed by atoms with van der Waals surface area (Å²) in [6, 6.07) is 0.743. The van der Waals surface area contributed by atoms with Crippen molar-refractivity contribution in [1.29, 1.82) is 0 Å². The molecule has 0 aliphatic carbocycles. The van der Waals surface area contributed by atoms with E-state index >= 15 is 0 Å². The van der Waals surface area contributed by atoms with E-state index in [0.29, 0.717) is 0 Å². The molecule has 0 unspecified atom stereocenters. The quantitative estimate of drug-likeness (QED) is 0.709. The average Bonchev–Trinajstić information content (AvgIpc) is 2.60. The Balaban J connectivity index is 2.65. The molecule has 1 heterocycles. The molecular formula is C10H20N2O3Si. The molecule has 0 bridgehead atoms. The fourth-order valence-corrected chi connectivity index (χ4v) is 3.33. The number of aryl methyl sites for hydroxylation is 3. The molecule has 1 rings (SSSR count). The lowest BCUT2D eigenvalue weighted by atomic mass is 10.5. The first-order valence-electron chi connectivity index (χ1n) is 5.22. The van der Waals surface area contributed by atoms with Gasteiger partial charge in [-0.1, -0.05) is 0 Å². The van der Waals surface area contributed by atoms with E-state index in [1.807, 2.05) is 20.0 Å². The van der Waals surface area contributed by atoms with Crippen LogP contribution in [-0.2, 0) is 19.8 Å². The normalized spacial score (nSPS) is 12.1. The fourth-order valence-electron chi connectivity index (χ4n) is 1.71. The minimum absolute atomic E-state index is 0.743. The van der Waals surface area contributed by atoms with E-state index in [1.54, 1.807) is 21.3 Å². The minimum atomic E-state index is -2.46. The van der Waals surface area contributed by atoms with Crippen LogP contribution in [0.4, 0.5) is 0 Å². The van der Waals surface area contributed by atoms with Crippen LogP contribution in [0.5, 0.6) is 0 Å². The summed E-state index contributed by atoms with van der Waals surface area (Å²) in [7, 11) is 2.43. The highest BCUT2D eigenvalue weighted by atomic mass is 28.4. The summed E-state index contributed by atoms with van der Waals surface area (Å²) in [4.78, 5) is 4.35. The Morgan fingerprint density at radius 3 is 2.12 bits per heavy atom. The van der Waals surface area contributed by atoms with Gasteiger partial charge in [-0.25, -0.2) is 4.98 Å². The molecule has 0 amide bonds. The number of aromatic nitrogens is 2. The van der Waals surface area contributed by atoms with Crippen LogP contribution in [0.2, 0.25) is 6.04 Å². The maximum absolute atomic E-state index is 5.37. The van der Waals surface area contributed by atoms with Crippen LogP contribution in [0.25, 0.3) is 0 Å². The largest absolute Gasteiger partial charge is 0.501 e. The lowest BCUT2D eigenvalue weighted by Crippen LogP contribution is -2.43. The average molecular weight is 244 g/mol. The van der Waals surface area contributed by atoms with E-state index in [9.17, 15) is 0 Å². The molecule has 0 radical (unpaired) electrons. The van der Waals surface area contributed by atoms with E-state index in [1.165, 1.54) is 0 Å². The zero-order chi connectivity index (χ0) is 12.2. The Hall–Kier alpha value is -0.693. The van der Waals surface area contributed by atoms with Crippen LogP contribution in [0.15, 0.2) is 6.20 Å². The number of hydrogen-bond donors (Lipinski definition) is 0. The van der Waals surface area contributed by atoms with Crippen LogP contribution in [0.3, 0.4) is 0 Å². The number of nitrogens with zero attached hydrogens (tertiary/aromatic N) is 2. The van der Waals surface area contributed by atoms with Gasteiger partial charge < -0.3 is 17.8 Å². The van der Waals surface area contributed by atoms with E-state index in [0.717, 1.165) is 24.1 Å². The second-order valence-corrected chi connectivity index (χ2v) is 6.76. The van der Waals surface area contributed by atoms with E-state index in [2.05, 4.69) is 9.55 Å². The first kappa shape index (κ1) is 13.4. The molecule has 1 aromatic rings. The van der Waals surface area contributed by atoms with Crippen LogP contribution in [0.1, 0.15) is 11.5 Å². The molecule has 0 atom stereocenters. The SMILES string of the molecule is CO[Si](CCn1cc(C)nc1C)(OC)OC. The third-order valence-corrected chi connectivity index (χ3v) is 5.39. The Kier molecular flexibility index (Phi) is 4.66. The van der Waals surface area contributed by atoms with Crippen molar-refractivity contribution in [3.05, 3.63) is 17.7 Å². The van der Waals surface area contributed by atoms with Gasteiger partial charge in [0.05, 0.1) is 5.69 Å². The van der Waals surface area contributed by atoms with Gasteiger partial charge in [0.1, 0.15) is 5.82 Å². The molecule has 1 aromatic heterocycles. The molecule has 0 saturated heterocycles. The van der Waals surface area contributed by atoms with Crippen LogP contribution < -0.4 is 0 Å². The number of rotatable bonds is 6. The standard InChI is InChI=1S/C10H20N2O3Si/c1-9-8-12(10(2)11-9)6-7-16(13-3,14-4)15-5/h8H,6-7H2,1-5H3. The molecule has 16 heavy (non-hydrogen) atoms. The fraction of sp³-hybridized carbons (Fsp3) is 0.700. The van der Waals surface area contributed by atoms with Gasteiger partial charge in [0.15, 0.2) is 0 Å². The highest BCUT2D eigenvalue weighted by molar-refractivity contribution is 6.60. The van der Waals surface area contributed by atoms with Crippen LogP contribution in [-0.4, -0.2) is 39.7 Å². The molecule has 6 heteroatoms. The summed E-state index contributed by atoms with van der Waals surface area (Å²) in [5.74, 6) is 1.00. The van der Waals surface area contributed by atoms with Crippen LogP contribution >= 0.6 is 0 Å². The van der Waals surface area contributed by atoms with Crippen molar-refractivity contribution < 1.29 is 13.3 Å². The molecular weight excluding hydrogens is 224 g/mol. The smallest absolute Gasteiger partial charge is 0.377 e. The molecule has 0 aliphatic heterocycles. The van der Waals surface area contributed by atoms with Gasteiger partial charge in [0.2, 0.25) is 0 Å². The molecule has 0 fully saturated rings. The highest BCUT2D eigenvalue weighted by Crippen LogP contribution is 2.14. The van der Waals surface area contributed by atoms with E-state index < -0.39 is 8.80 Å². The van der Waals surface area contributed by atoms with Crippen molar-refractivity contribution in [2.75, 3.05) is 21.3 Å². The molecule has 0 saturated carbocycles. The summed E-state index contributed by atoms with van der Waals surface area (Å²) in [6.07, 6.45) is 2.02. The van der Waals surface area contributed by atoms with E-state index in [-0.39, 0.29) is 0 Å². The van der Waals surface area contributed by atoms with Gasteiger partial charge >= 0.3 is 8.80 Å². The molecule has 0 aliphatic rings. The topological polar surface area (TPSA) is 45.5 Å². The number of hydrogen-bond acceptors (Lipinski definition) is 4. The molecule has 5 nitrogen and oxygen atoms in total. The van der Waals surface area contributed by atoms with E-state index in [4.69, 9.17) is 13.3 Å². The van der Waals surface area contributed by atoms with Crippen LogP contribution in [0, 0.1) is 13.8 Å². The summed E-state index contributed by atoms with van der Waals surface area (Å²) in [5.41, 5.74) is 1.03. The van der Waals surface area contributed by atoms with Crippen molar-refractivity contribution >= 4 is 8.80 Å². The van der Waals surface area contributed by atoms with Crippen molar-refractivity contribution in [2.45, 2.75) is 26.4 Å². The highest BCUT2D eigenvalue weighted by Gasteiger charge is 2.37. The first-order chi connectivity index (χ1) is 7.56. The first-order valence-corrected chi connectivity index (χ1v) is 7.16. The van der Waals surface area contributed by atoms with Gasteiger partial charge in [-0.2, -0.15) is 0 Å². The monoisotopic (exact) mass is 244 g/mol. The lowest BCUT2D eigenvalue weighted by molar-refractivity contribution is 0.122. The molecule has 0 N–H and O–H groups in total. The maximum atomic E-state index is 5.37. The second-order valence-electron chi connectivity index (χ2n) is 3.67. The van der Waals surface area contributed by atoms with Gasteiger partial charge in [0, 0.05) is 40.1 Å². The zero-order valence-corrected chi connectivity index (χ0v) is 11.6. The maximum Gasteiger partial charge on any atom is 0.501 e. The third-order valence-electron chi connectivity index (χ3n) is 2.69. The summed E-state index contributed by atoms with van der Waals surface area (Å²) >= 11 is 0. The number of imidazole rings is 1. The Labute approximate surface area is 97.7 Å². The van der Waals surface area contributed by atoms with Gasteiger partial charge in [-0.05, 0) is 13.8 Å². The predicted octanol–water partition coefficient (Wildman–Crippen LogP) is 1.38. The summed E-state index contributed by atoms with van der Waals surface area (Å²) in [6.45, 7) is 4.77. The summed E-state index contributed by atoms with van der Waals surface area (Å²) in [5, 5.41) is 0. The molecule has 0 aromatic carbocycles. The Morgan fingerprint density at radius 1 is 1.19 bits per heavy atom. The third kappa shape index (κ3) is 2.91. The van der Waals surface area contributed by atoms with Crippen molar-refractivity contribution in [3.63, 3.8) is 0 Å². The lowest BCUT2D eigenvalue weighted by Gasteiger charge is -2.24. The second kappa shape index (κ2) is 5.58. The summed E-state index contributed by atoms with van der Waals surface area (Å²) < 4.78 is 18.2. The Morgan fingerprint density at radius 2 is 1.75 bits per heavy atom. The van der Waals surface area contributed by atoms with Crippen molar-refractivity contribution in [1.82, 2.24) is 9.55 Å². The van der Waals surface area contributed by atoms with Crippen molar-refractivity contribution in [3.8, 4) is 0 Å². The zero-order valence-electron chi connectivity index (χ0n) is 10.6. The minimum Gasteiger partial charge on any atom is -0.377 e. The van der Waals surface area contributed by atoms with Gasteiger partial charge in [-0.3, -0.25) is 0 Å². The predicted molar refractivity (Wildman–Crippen MR) is 63.3 cm³/mol. The van der Waals surface area contributed by atoms with Crippen molar-refractivity contribution in [2.24, 2.45) is 0 Å². The van der Waals surface area contributed by atoms with Gasteiger partial charge in [0.25, 0.3) is 0 Å².